The van der Waals surface area contributed by atoms with Crippen LogP contribution >= 0.6 is 6.46 Å². The molecule has 0 unspecified atom stereocenters. The lowest BCUT2D eigenvalue weighted by Crippen LogP contribution is -2.37. The minimum atomic E-state index is -3.41. The van der Waals surface area contributed by atoms with Gasteiger partial charge in [-0.15, -0.1) is 0 Å². The Morgan fingerprint density at radius 2 is 1.00 bits per heavy atom. The van der Waals surface area contributed by atoms with Crippen molar-refractivity contribution in [3.05, 3.63) is 91.0 Å². The van der Waals surface area contributed by atoms with Gasteiger partial charge in [0, 0.05) is 0 Å². The molecule has 0 aromatic heterocycles. The van der Waals surface area contributed by atoms with E-state index in [1.165, 1.54) is 0 Å². The van der Waals surface area contributed by atoms with Crippen molar-refractivity contribution in [2.24, 2.45) is 0 Å². The molecule has 0 saturated heterocycles. The molecule has 3 aromatic rings. The van der Waals surface area contributed by atoms with Gasteiger partial charge in [0.25, 0.3) is 9.46 Å². The normalized spacial score (nSPS) is 12.0. The van der Waals surface area contributed by atoms with Gasteiger partial charge in [-0.1, -0.05) is 80.8 Å². The van der Waals surface area contributed by atoms with Crippen LogP contribution < -0.4 is 15.9 Å². The Morgan fingerprint density at radius 1 is 0.607 bits per heavy atom. The second-order valence-electron chi connectivity index (χ2n) is 6.96. The fourth-order valence-electron chi connectivity index (χ4n) is 3.69. The Labute approximate surface area is 169 Å². The van der Waals surface area contributed by atoms with E-state index in [0.717, 1.165) is 35.2 Å². The molecule has 2 nitrogen and oxygen atoms in total. The topological polar surface area (TPSA) is 34.1 Å². The molecule has 3 aromatic carbocycles. The second kappa shape index (κ2) is 9.49. The Hall–Kier alpha value is -1.96. The molecular weight excluding hydrogens is 383 g/mol. The molecule has 28 heavy (non-hydrogen) atoms. The van der Waals surface area contributed by atoms with Gasteiger partial charge in [0.1, 0.15) is 15.9 Å². The van der Waals surface area contributed by atoms with Crippen LogP contribution in [0.15, 0.2) is 91.0 Å². The van der Waals surface area contributed by atoms with E-state index >= 15 is 0 Å². The summed E-state index contributed by atoms with van der Waals surface area (Å²) >= 11 is 0. The minimum absolute atomic E-state index is 0.222. The van der Waals surface area contributed by atoms with Crippen LogP contribution in [0.4, 0.5) is 0 Å². The van der Waals surface area contributed by atoms with E-state index in [1.54, 1.807) is 0 Å². The van der Waals surface area contributed by atoms with Gasteiger partial charge in [0.2, 0.25) is 6.46 Å². The van der Waals surface area contributed by atoms with E-state index in [1.807, 2.05) is 91.0 Å². The van der Waals surface area contributed by atoms with Crippen LogP contribution in [0.2, 0.25) is 0 Å². The zero-order valence-corrected chi connectivity index (χ0v) is 18.1. The van der Waals surface area contributed by atoms with Crippen LogP contribution in [0.1, 0.15) is 32.6 Å². The molecule has 0 amide bonds. The van der Waals surface area contributed by atoms with Crippen LogP contribution in [-0.4, -0.2) is 14.2 Å². The lowest BCUT2D eigenvalue weighted by atomic mass is 10.2. The maximum atomic E-state index is 14.1. The van der Waals surface area contributed by atoms with Crippen LogP contribution in [0, 0.1) is 0 Å². The van der Waals surface area contributed by atoms with Gasteiger partial charge in [-0.25, -0.2) is 0 Å². The zero-order chi connectivity index (χ0) is 19.9. The third-order valence-electron chi connectivity index (χ3n) is 5.03. The molecule has 146 valence electrons. The molecule has 0 aliphatic heterocycles. The minimum Gasteiger partial charge on any atom is -0.188 e. The molecule has 0 radical (unpaired) electrons. The number of hydrogen-bond acceptors (Lipinski definition) is 2. The zero-order valence-electron chi connectivity index (χ0n) is 16.4. The highest BCUT2D eigenvalue weighted by Gasteiger charge is 2.57. The Bertz CT molecular complexity index is 859. The van der Waals surface area contributed by atoms with Crippen molar-refractivity contribution in [1.82, 2.24) is 0 Å². The van der Waals surface area contributed by atoms with Gasteiger partial charge in [-0.2, -0.15) is 8.42 Å². The molecule has 0 aliphatic carbocycles. The van der Waals surface area contributed by atoms with Crippen molar-refractivity contribution in [3.63, 3.8) is 0 Å². The number of hydrogen-bond donors (Lipinski definition) is 0. The fourth-order valence-corrected chi connectivity index (χ4v) is 13.4. The monoisotopic (exact) mass is 411 g/mol. The third-order valence-corrected chi connectivity index (χ3v) is 14.7. The summed E-state index contributed by atoms with van der Waals surface area (Å²) in [5.74, 6) is 0.222. The molecule has 4 heteroatoms. The summed E-state index contributed by atoms with van der Waals surface area (Å²) in [6.07, 6.45) is 3.83. The predicted octanol–water partition coefficient (Wildman–Crippen LogP) is 4.89. The number of benzene rings is 3. The lowest BCUT2D eigenvalue weighted by Gasteiger charge is -2.26. The SMILES string of the molecule is CCCCCCS(=O)(=O)[P+](c1ccccc1)(c1ccccc1)c1ccccc1. The third kappa shape index (κ3) is 4.06. The highest BCUT2D eigenvalue weighted by atomic mass is 32.8. The molecule has 0 aliphatic rings. The van der Waals surface area contributed by atoms with E-state index in [-0.39, 0.29) is 5.75 Å². The second-order valence-corrected chi connectivity index (χ2v) is 14.6. The van der Waals surface area contributed by atoms with Crippen LogP contribution in [0.5, 0.6) is 0 Å². The molecule has 0 atom stereocenters. The van der Waals surface area contributed by atoms with Crippen LogP contribution in [0.25, 0.3) is 0 Å². The van der Waals surface area contributed by atoms with Crippen molar-refractivity contribution in [2.75, 3.05) is 5.75 Å². The van der Waals surface area contributed by atoms with E-state index in [2.05, 4.69) is 6.92 Å². The summed E-state index contributed by atoms with van der Waals surface area (Å²) in [5.41, 5.74) is 0. The highest BCUT2D eigenvalue weighted by molar-refractivity contribution is 8.64. The molecule has 0 bridgehead atoms. The first-order valence-electron chi connectivity index (χ1n) is 9.91. The summed E-state index contributed by atoms with van der Waals surface area (Å²) in [5, 5.41) is 2.72. The average Bonchev–Trinajstić information content (AvgIpc) is 2.74. The van der Waals surface area contributed by atoms with Crippen molar-refractivity contribution >= 4 is 31.8 Å². The lowest BCUT2D eigenvalue weighted by molar-refractivity contribution is 0.602. The maximum absolute atomic E-state index is 14.1. The molecule has 3 rings (SSSR count). The van der Waals surface area contributed by atoms with Crippen molar-refractivity contribution in [2.45, 2.75) is 32.6 Å². The standard InChI is InChI=1S/C24H28O2PS/c1-2-3-4-14-21-28(25,26)27(22-15-8-5-9-16-22,23-17-10-6-11-18-23)24-19-12-7-13-20-24/h5-13,15-20H,2-4,14,21H2,1H3/q+1. The van der Waals surface area contributed by atoms with Crippen molar-refractivity contribution in [3.8, 4) is 0 Å². The highest BCUT2D eigenvalue weighted by Crippen LogP contribution is 2.61. The Morgan fingerprint density at radius 3 is 1.36 bits per heavy atom. The Kier molecular flexibility index (Phi) is 7.04. The van der Waals surface area contributed by atoms with E-state index in [0.29, 0.717) is 6.42 Å². The van der Waals surface area contributed by atoms with Crippen LogP contribution in [0.3, 0.4) is 0 Å². The summed E-state index contributed by atoms with van der Waals surface area (Å²) in [6.45, 7) is -0.690. The number of rotatable bonds is 9. The van der Waals surface area contributed by atoms with Crippen molar-refractivity contribution < 1.29 is 8.42 Å². The predicted molar refractivity (Wildman–Crippen MR) is 123 cm³/mol. The fraction of sp³-hybridized carbons (Fsp3) is 0.250. The van der Waals surface area contributed by atoms with Gasteiger partial charge in [-0.3, -0.25) is 0 Å². The van der Waals surface area contributed by atoms with E-state index < -0.39 is 15.9 Å². The van der Waals surface area contributed by atoms with Crippen molar-refractivity contribution in [1.29, 1.82) is 0 Å². The first-order valence-corrected chi connectivity index (χ1v) is 14.0. The first kappa shape index (κ1) is 20.8. The summed E-state index contributed by atoms with van der Waals surface area (Å²) in [6, 6.07) is 29.4. The largest absolute Gasteiger partial charge is 0.270 e. The maximum Gasteiger partial charge on any atom is 0.270 e. The average molecular weight is 412 g/mol. The molecular formula is C24H28O2PS+. The van der Waals surface area contributed by atoms with Gasteiger partial charge >= 0.3 is 0 Å². The smallest absolute Gasteiger partial charge is 0.188 e. The van der Waals surface area contributed by atoms with Gasteiger partial charge in [0.05, 0.1) is 5.75 Å². The first-order chi connectivity index (χ1) is 13.6. The molecule has 0 fully saturated rings. The number of unbranched alkanes of at least 4 members (excludes halogenated alkanes) is 3. The Balaban J connectivity index is 2.26. The van der Waals surface area contributed by atoms with E-state index in [9.17, 15) is 8.42 Å². The van der Waals surface area contributed by atoms with Gasteiger partial charge in [-0.05, 0) is 42.8 Å². The van der Waals surface area contributed by atoms with Gasteiger partial charge in [0.15, 0.2) is 0 Å². The van der Waals surface area contributed by atoms with Crippen LogP contribution in [-0.2, 0) is 9.46 Å². The molecule has 0 spiro atoms. The molecule has 0 saturated carbocycles. The van der Waals surface area contributed by atoms with E-state index in [4.69, 9.17) is 0 Å². The summed E-state index contributed by atoms with van der Waals surface area (Å²) in [4.78, 5) is 0. The molecule has 0 N–H and O–H groups in total. The summed E-state index contributed by atoms with van der Waals surface area (Å²) in [7, 11) is -3.41. The summed E-state index contributed by atoms with van der Waals surface area (Å²) < 4.78 is 28.1. The quantitative estimate of drug-likeness (QED) is 0.371. The van der Waals surface area contributed by atoms with Gasteiger partial charge < -0.3 is 0 Å². The molecule has 0 heterocycles.